The van der Waals surface area contributed by atoms with Gasteiger partial charge >= 0.3 is 5.97 Å². The standard InChI is InChI=1S/C9H14O3/c1-5(10)4-6-7(8(11)12)9(6,2)3/h6-7H,4H2,1-3H3,(H,11,12). The number of carboxylic acids is 1. The van der Waals surface area contributed by atoms with Gasteiger partial charge in [-0.15, -0.1) is 0 Å². The molecule has 3 nitrogen and oxygen atoms in total. The minimum atomic E-state index is -0.772. The minimum Gasteiger partial charge on any atom is -0.481 e. The summed E-state index contributed by atoms with van der Waals surface area (Å²) >= 11 is 0. The molecule has 1 aliphatic carbocycles. The number of carboxylic acid groups (broad SMARTS) is 1. The van der Waals surface area contributed by atoms with Crippen LogP contribution in [-0.2, 0) is 9.59 Å². The van der Waals surface area contributed by atoms with Crippen molar-refractivity contribution >= 4 is 11.8 Å². The minimum absolute atomic E-state index is 0.0486. The molecule has 0 aromatic carbocycles. The molecule has 0 aliphatic heterocycles. The second-order valence-electron chi connectivity index (χ2n) is 4.15. The van der Waals surface area contributed by atoms with Crippen LogP contribution in [0.15, 0.2) is 0 Å². The summed E-state index contributed by atoms with van der Waals surface area (Å²) in [4.78, 5) is 21.4. The van der Waals surface area contributed by atoms with E-state index >= 15 is 0 Å². The molecule has 0 saturated heterocycles. The Bertz CT molecular complexity index is 230. The summed E-state index contributed by atoms with van der Waals surface area (Å²) in [5, 5.41) is 8.76. The molecule has 0 bridgehead atoms. The van der Waals surface area contributed by atoms with Gasteiger partial charge in [0.1, 0.15) is 5.78 Å². The highest BCUT2D eigenvalue weighted by molar-refractivity contribution is 5.81. The summed E-state index contributed by atoms with van der Waals surface area (Å²) in [5.41, 5.74) is -0.183. The SMILES string of the molecule is CC(=O)CC1C(C(=O)O)C1(C)C. The molecule has 0 radical (unpaired) electrons. The van der Waals surface area contributed by atoms with E-state index in [0.717, 1.165) is 0 Å². The second kappa shape index (κ2) is 2.57. The van der Waals surface area contributed by atoms with E-state index in [-0.39, 0.29) is 23.0 Å². The number of hydrogen-bond acceptors (Lipinski definition) is 2. The molecule has 1 saturated carbocycles. The van der Waals surface area contributed by atoms with Crippen molar-refractivity contribution in [2.45, 2.75) is 27.2 Å². The van der Waals surface area contributed by atoms with E-state index in [1.807, 2.05) is 13.8 Å². The van der Waals surface area contributed by atoms with Crippen molar-refractivity contribution in [1.29, 1.82) is 0 Å². The van der Waals surface area contributed by atoms with Gasteiger partial charge in [0.25, 0.3) is 0 Å². The molecule has 1 fully saturated rings. The van der Waals surface area contributed by atoms with Crippen LogP contribution in [0.1, 0.15) is 27.2 Å². The molecular formula is C9H14O3. The van der Waals surface area contributed by atoms with Gasteiger partial charge in [0.05, 0.1) is 5.92 Å². The van der Waals surface area contributed by atoms with E-state index in [1.54, 1.807) is 0 Å². The van der Waals surface area contributed by atoms with E-state index in [4.69, 9.17) is 5.11 Å². The zero-order valence-corrected chi connectivity index (χ0v) is 7.63. The molecule has 0 aromatic heterocycles. The van der Waals surface area contributed by atoms with Crippen molar-refractivity contribution in [3.63, 3.8) is 0 Å². The van der Waals surface area contributed by atoms with Gasteiger partial charge in [-0.25, -0.2) is 0 Å². The first-order valence-corrected chi connectivity index (χ1v) is 4.09. The molecule has 1 N–H and O–H groups in total. The predicted molar refractivity (Wildman–Crippen MR) is 43.7 cm³/mol. The second-order valence-corrected chi connectivity index (χ2v) is 4.15. The maximum Gasteiger partial charge on any atom is 0.307 e. The van der Waals surface area contributed by atoms with Gasteiger partial charge < -0.3 is 9.90 Å². The Hall–Kier alpha value is -0.860. The Morgan fingerprint density at radius 1 is 1.42 bits per heavy atom. The highest BCUT2D eigenvalue weighted by Gasteiger charge is 2.61. The van der Waals surface area contributed by atoms with Crippen LogP contribution in [-0.4, -0.2) is 16.9 Å². The number of aliphatic carboxylic acids is 1. The molecule has 12 heavy (non-hydrogen) atoms. The lowest BCUT2D eigenvalue weighted by Gasteiger charge is -1.97. The lowest BCUT2D eigenvalue weighted by molar-refractivity contribution is -0.139. The van der Waals surface area contributed by atoms with Crippen molar-refractivity contribution in [3.05, 3.63) is 0 Å². The largest absolute Gasteiger partial charge is 0.481 e. The Labute approximate surface area is 71.8 Å². The van der Waals surface area contributed by atoms with Crippen molar-refractivity contribution in [1.82, 2.24) is 0 Å². The third kappa shape index (κ3) is 1.36. The van der Waals surface area contributed by atoms with Gasteiger partial charge in [-0.2, -0.15) is 0 Å². The third-order valence-corrected chi connectivity index (χ3v) is 2.82. The van der Waals surface area contributed by atoms with Crippen LogP contribution in [0, 0.1) is 17.3 Å². The average Bonchev–Trinajstić information content (AvgIpc) is 2.32. The summed E-state index contributed by atoms with van der Waals surface area (Å²) < 4.78 is 0. The summed E-state index contributed by atoms with van der Waals surface area (Å²) in [6.45, 7) is 5.31. The molecule has 1 aliphatic rings. The Morgan fingerprint density at radius 3 is 2.17 bits per heavy atom. The van der Waals surface area contributed by atoms with Crippen LogP contribution >= 0.6 is 0 Å². The van der Waals surface area contributed by atoms with Crippen molar-refractivity contribution in [2.24, 2.45) is 17.3 Å². The first kappa shape index (κ1) is 9.23. The summed E-state index contributed by atoms with van der Waals surface area (Å²) in [6, 6.07) is 0. The van der Waals surface area contributed by atoms with Crippen molar-refractivity contribution in [2.75, 3.05) is 0 Å². The summed E-state index contributed by atoms with van der Waals surface area (Å²) in [6.07, 6.45) is 0.407. The van der Waals surface area contributed by atoms with Crippen molar-refractivity contribution < 1.29 is 14.7 Å². The van der Waals surface area contributed by atoms with Crippen LogP contribution in [0.3, 0.4) is 0 Å². The number of rotatable bonds is 3. The molecule has 0 amide bonds. The van der Waals surface area contributed by atoms with E-state index in [0.29, 0.717) is 6.42 Å². The average molecular weight is 170 g/mol. The molecule has 2 atom stereocenters. The lowest BCUT2D eigenvalue weighted by atomic mass is 10.1. The first-order valence-electron chi connectivity index (χ1n) is 4.09. The van der Waals surface area contributed by atoms with Gasteiger partial charge in [0, 0.05) is 6.42 Å². The molecule has 0 heterocycles. The molecule has 2 unspecified atom stereocenters. The number of ketones is 1. The summed E-state index contributed by atoms with van der Waals surface area (Å²) in [7, 11) is 0. The number of carbonyl (C=O) groups is 2. The topological polar surface area (TPSA) is 54.4 Å². The maximum atomic E-state index is 10.8. The third-order valence-electron chi connectivity index (χ3n) is 2.82. The lowest BCUT2D eigenvalue weighted by Crippen LogP contribution is -2.03. The van der Waals surface area contributed by atoms with Crippen LogP contribution in [0.5, 0.6) is 0 Å². The van der Waals surface area contributed by atoms with E-state index in [1.165, 1.54) is 6.92 Å². The van der Waals surface area contributed by atoms with Crippen LogP contribution in [0.25, 0.3) is 0 Å². The van der Waals surface area contributed by atoms with Crippen LogP contribution < -0.4 is 0 Å². The Kier molecular flexibility index (Phi) is 1.98. The molecule has 68 valence electrons. The fraction of sp³-hybridized carbons (Fsp3) is 0.778. The Balaban J connectivity index is 2.60. The van der Waals surface area contributed by atoms with Gasteiger partial charge in [0.2, 0.25) is 0 Å². The molecule has 1 rings (SSSR count). The monoisotopic (exact) mass is 170 g/mol. The quantitative estimate of drug-likeness (QED) is 0.695. The van der Waals surface area contributed by atoms with Crippen LogP contribution in [0.2, 0.25) is 0 Å². The highest BCUT2D eigenvalue weighted by Crippen LogP contribution is 2.59. The zero-order chi connectivity index (χ0) is 9.52. The number of Topliss-reactive ketones (excluding diaryl/α,β-unsaturated/α-hetero) is 1. The molecular weight excluding hydrogens is 156 g/mol. The fourth-order valence-electron chi connectivity index (χ4n) is 1.93. The maximum absolute atomic E-state index is 10.8. The van der Waals surface area contributed by atoms with E-state index in [2.05, 4.69) is 0 Å². The van der Waals surface area contributed by atoms with Gasteiger partial charge in [-0.3, -0.25) is 4.79 Å². The summed E-state index contributed by atoms with van der Waals surface area (Å²) in [5.74, 6) is -0.961. The van der Waals surface area contributed by atoms with Gasteiger partial charge in [-0.1, -0.05) is 13.8 Å². The van der Waals surface area contributed by atoms with Gasteiger partial charge in [0.15, 0.2) is 0 Å². The first-order chi connectivity index (χ1) is 5.37. The fourth-order valence-corrected chi connectivity index (χ4v) is 1.93. The zero-order valence-electron chi connectivity index (χ0n) is 7.63. The van der Waals surface area contributed by atoms with Crippen molar-refractivity contribution in [3.8, 4) is 0 Å². The highest BCUT2D eigenvalue weighted by atomic mass is 16.4. The van der Waals surface area contributed by atoms with E-state index in [9.17, 15) is 9.59 Å². The number of carbonyl (C=O) groups excluding carboxylic acids is 1. The van der Waals surface area contributed by atoms with Crippen LogP contribution in [0.4, 0.5) is 0 Å². The molecule has 3 heteroatoms. The number of hydrogen-bond donors (Lipinski definition) is 1. The molecule has 0 spiro atoms. The van der Waals surface area contributed by atoms with Gasteiger partial charge in [-0.05, 0) is 18.3 Å². The Morgan fingerprint density at radius 2 is 1.92 bits per heavy atom. The van der Waals surface area contributed by atoms with E-state index < -0.39 is 5.97 Å². The smallest absolute Gasteiger partial charge is 0.307 e. The normalized spacial score (nSPS) is 31.2. The predicted octanol–water partition coefficient (Wildman–Crippen LogP) is 1.32. The molecule has 0 aromatic rings.